The molecular formula is C20H20FN5O3S. The van der Waals surface area contributed by atoms with Gasteiger partial charge in [-0.15, -0.1) is 0 Å². The van der Waals surface area contributed by atoms with Crippen molar-refractivity contribution in [2.45, 2.75) is 37.4 Å². The Morgan fingerprint density at radius 3 is 2.87 bits per heavy atom. The fourth-order valence-corrected chi connectivity index (χ4v) is 4.72. The highest BCUT2D eigenvalue weighted by atomic mass is 32.2. The molecule has 3 aromatic rings. The number of fused-ring (bicyclic) bond motifs is 1. The smallest absolute Gasteiger partial charge is 0.255 e. The summed E-state index contributed by atoms with van der Waals surface area (Å²) in [4.78, 5) is 16.6. The summed E-state index contributed by atoms with van der Waals surface area (Å²) in [5.74, 6) is -0.741. The van der Waals surface area contributed by atoms with Crippen molar-refractivity contribution in [2.24, 2.45) is 0 Å². The van der Waals surface area contributed by atoms with Crippen molar-refractivity contribution in [1.29, 1.82) is 0 Å². The minimum Gasteiger partial charge on any atom is -0.348 e. The lowest BCUT2D eigenvalue weighted by atomic mass is 10.1. The molecule has 4 rings (SSSR count). The van der Waals surface area contributed by atoms with Gasteiger partial charge in [-0.3, -0.25) is 14.5 Å². The van der Waals surface area contributed by atoms with Crippen LogP contribution in [0.25, 0.3) is 0 Å². The molecule has 3 heterocycles. The molecule has 1 atom stereocenters. The molecule has 2 N–H and O–H groups in total. The summed E-state index contributed by atoms with van der Waals surface area (Å²) >= 11 is 0. The van der Waals surface area contributed by atoms with Crippen molar-refractivity contribution in [3.8, 4) is 0 Å². The zero-order valence-corrected chi connectivity index (χ0v) is 17.0. The summed E-state index contributed by atoms with van der Waals surface area (Å²) in [5.41, 5.74) is 2.21. The van der Waals surface area contributed by atoms with Gasteiger partial charge in [-0.25, -0.2) is 17.5 Å². The predicted molar refractivity (Wildman–Crippen MR) is 107 cm³/mol. The lowest BCUT2D eigenvalue weighted by Crippen LogP contribution is -2.36. The van der Waals surface area contributed by atoms with Crippen molar-refractivity contribution in [3.05, 3.63) is 77.1 Å². The van der Waals surface area contributed by atoms with E-state index < -0.39 is 21.9 Å². The third kappa shape index (κ3) is 4.10. The van der Waals surface area contributed by atoms with E-state index in [-0.39, 0.29) is 16.4 Å². The van der Waals surface area contributed by atoms with Crippen LogP contribution in [-0.4, -0.2) is 35.1 Å². The fraction of sp³-hybridized carbons (Fsp3) is 0.250. The van der Waals surface area contributed by atoms with E-state index in [0.29, 0.717) is 30.8 Å². The van der Waals surface area contributed by atoms with Gasteiger partial charge in [-0.2, -0.15) is 5.10 Å². The summed E-state index contributed by atoms with van der Waals surface area (Å²) in [7, 11) is -3.82. The van der Waals surface area contributed by atoms with Crippen LogP contribution in [0.1, 0.15) is 27.2 Å². The van der Waals surface area contributed by atoms with Crippen LogP contribution in [0.3, 0.4) is 0 Å². The maximum atomic E-state index is 13.5. The molecule has 1 aromatic carbocycles. The Morgan fingerprint density at radius 2 is 2.13 bits per heavy atom. The monoisotopic (exact) mass is 429 g/mol. The Kier molecular flexibility index (Phi) is 5.35. The minimum atomic E-state index is -3.82. The topological polar surface area (TPSA) is 106 Å². The number of hydrogen-bond donors (Lipinski definition) is 2. The fourth-order valence-electron chi connectivity index (χ4n) is 3.41. The zero-order chi connectivity index (χ0) is 21.3. The normalized spacial score (nSPS) is 15.7. The second-order valence-electron chi connectivity index (χ2n) is 7.16. The average Bonchev–Trinajstić information content (AvgIpc) is 3.28. The molecule has 0 unspecified atom stereocenters. The van der Waals surface area contributed by atoms with Gasteiger partial charge in [0.15, 0.2) is 0 Å². The first kappa shape index (κ1) is 20.2. The molecule has 1 aliphatic rings. The first-order valence-electron chi connectivity index (χ1n) is 9.34. The molecule has 1 aliphatic heterocycles. The molecule has 0 aliphatic carbocycles. The van der Waals surface area contributed by atoms with Gasteiger partial charge in [-0.1, -0.05) is 6.07 Å². The largest absolute Gasteiger partial charge is 0.348 e. The van der Waals surface area contributed by atoms with E-state index in [9.17, 15) is 17.6 Å². The van der Waals surface area contributed by atoms with E-state index in [1.54, 1.807) is 23.1 Å². The Morgan fingerprint density at radius 1 is 1.30 bits per heavy atom. The number of halogens is 1. The van der Waals surface area contributed by atoms with Crippen molar-refractivity contribution in [3.63, 3.8) is 0 Å². The SMILES string of the molecule is Cc1cc(S(=O)(=O)N[C@H]2Cc3c(C(=O)NCc4cccnc4)cnn3C2)ccc1F. The molecule has 156 valence electrons. The van der Waals surface area contributed by atoms with E-state index in [2.05, 4.69) is 20.1 Å². The van der Waals surface area contributed by atoms with Crippen molar-refractivity contribution < 1.29 is 17.6 Å². The van der Waals surface area contributed by atoms with Crippen LogP contribution in [0.5, 0.6) is 0 Å². The van der Waals surface area contributed by atoms with Gasteiger partial charge in [0.05, 0.1) is 28.9 Å². The Labute approximate surface area is 173 Å². The van der Waals surface area contributed by atoms with Crippen molar-refractivity contribution in [1.82, 2.24) is 24.8 Å². The first-order valence-corrected chi connectivity index (χ1v) is 10.8. The third-order valence-electron chi connectivity index (χ3n) is 4.96. The lowest BCUT2D eigenvalue weighted by molar-refractivity contribution is 0.0950. The van der Waals surface area contributed by atoms with E-state index in [1.807, 2.05) is 6.07 Å². The molecule has 8 nitrogen and oxygen atoms in total. The standard InChI is InChI=1S/C20H20FN5O3S/c1-13-7-16(4-5-18(13)21)30(28,29)25-15-8-19-17(11-24-26(19)12-15)20(27)23-10-14-3-2-6-22-9-14/h2-7,9,11,15,25H,8,10,12H2,1H3,(H,23,27)/t15-/m0/s1. The molecule has 0 saturated heterocycles. The van der Waals surface area contributed by atoms with Crippen LogP contribution >= 0.6 is 0 Å². The van der Waals surface area contributed by atoms with Gasteiger partial charge < -0.3 is 5.32 Å². The third-order valence-corrected chi connectivity index (χ3v) is 6.48. The molecule has 0 saturated carbocycles. The number of benzene rings is 1. The van der Waals surface area contributed by atoms with Crippen LogP contribution in [0.4, 0.5) is 4.39 Å². The number of nitrogens with one attached hydrogen (secondary N) is 2. The molecule has 30 heavy (non-hydrogen) atoms. The number of rotatable bonds is 6. The maximum Gasteiger partial charge on any atom is 0.255 e. The van der Waals surface area contributed by atoms with Crippen LogP contribution in [0, 0.1) is 12.7 Å². The number of amides is 1. The maximum absolute atomic E-state index is 13.5. The number of nitrogens with zero attached hydrogens (tertiary/aromatic N) is 3. The summed E-state index contributed by atoms with van der Waals surface area (Å²) in [6.45, 7) is 2.15. The first-order chi connectivity index (χ1) is 14.3. The van der Waals surface area contributed by atoms with Crippen molar-refractivity contribution in [2.75, 3.05) is 0 Å². The Hall–Kier alpha value is -3.11. The van der Waals surface area contributed by atoms with Gasteiger partial charge in [-0.05, 0) is 42.3 Å². The summed E-state index contributed by atoms with van der Waals surface area (Å²) in [5, 5.41) is 7.04. The van der Waals surface area contributed by atoms with Gasteiger partial charge in [0, 0.05) is 31.4 Å². The van der Waals surface area contributed by atoms with Gasteiger partial charge in [0.1, 0.15) is 5.82 Å². The highest BCUT2D eigenvalue weighted by Gasteiger charge is 2.31. The number of carbonyl (C=O) groups excluding carboxylic acids is 1. The van der Waals surface area contributed by atoms with Crippen LogP contribution < -0.4 is 10.0 Å². The number of sulfonamides is 1. The molecule has 1 amide bonds. The van der Waals surface area contributed by atoms with Gasteiger partial charge in [0.25, 0.3) is 5.91 Å². The summed E-state index contributed by atoms with van der Waals surface area (Å²) in [6, 6.07) is 6.86. The summed E-state index contributed by atoms with van der Waals surface area (Å²) in [6.07, 6.45) is 5.14. The second-order valence-corrected chi connectivity index (χ2v) is 8.88. The van der Waals surface area contributed by atoms with Gasteiger partial charge >= 0.3 is 0 Å². The minimum absolute atomic E-state index is 0.000349. The number of aromatic nitrogens is 3. The molecule has 0 radical (unpaired) electrons. The van der Waals surface area contributed by atoms with Crippen molar-refractivity contribution >= 4 is 15.9 Å². The molecule has 0 fully saturated rings. The van der Waals surface area contributed by atoms with Crippen LogP contribution in [0.15, 0.2) is 53.8 Å². The highest BCUT2D eigenvalue weighted by molar-refractivity contribution is 7.89. The van der Waals surface area contributed by atoms with E-state index in [0.717, 1.165) is 11.6 Å². The number of carbonyl (C=O) groups is 1. The lowest BCUT2D eigenvalue weighted by Gasteiger charge is -2.13. The highest BCUT2D eigenvalue weighted by Crippen LogP contribution is 2.21. The Balaban J connectivity index is 1.43. The number of pyridine rings is 1. The van der Waals surface area contributed by atoms with E-state index in [1.165, 1.54) is 25.3 Å². The average molecular weight is 429 g/mol. The molecule has 10 heteroatoms. The zero-order valence-electron chi connectivity index (χ0n) is 16.2. The van der Waals surface area contributed by atoms with E-state index in [4.69, 9.17) is 0 Å². The Bertz CT molecular complexity index is 1190. The molecular weight excluding hydrogens is 409 g/mol. The molecule has 2 aromatic heterocycles. The number of hydrogen-bond acceptors (Lipinski definition) is 5. The predicted octanol–water partition coefficient (Wildman–Crippen LogP) is 1.56. The molecule has 0 bridgehead atoms. The van der Waals surface area contributed by atoms with Gasteiger partial charge in [0.2, 0.25) is 10.0 Å². The number of aryl methyl sites for hydroxylation is 1. The summed E-state index contributed by atoms with van der Waals surface area (Å²) < 4.78 is 43.0. The van der Waals surface area contributed by atoms with Crippen LogP contribution in [0.2, 0.25) is 0 Å². The van der Waals surface area contributed by atoms with E-state index >= 15 is 0 Å². The van der Waals surface area contributed by atoms with Crippen LogP contribution in [-0.2, 0) is 29.5 Å². The quantitative estimate of drug-likeness (QED) is 0.619. The molecule has 0 spiro atoms. The second kappa shape index (κ2) is 7.96.